The monoisotopic (exact) mass is 166 g/mol. The molecule has 0 saturated heterocycles. The first-order chi connectivity index (χ1) is 5.68. The minimum atomic E-state index is -0.475. The van der Waals surface area contributed by atoms with Crippen molar-refractivity contribution in [3.63, 3.8) is 0 Å². The topological polar surface area (TPSA) is 33.4 Å². The van der Waals surface area contributed by atoms with Crippen molar-refractivity contribution < 1.29 is 9.52 Å². The lowest BCUT2D eigenvalue weighted by Crippen LogP contribution is -2.44. The van der Waals surface area contributed by atoms with E-state index in [1.54, 1.807) is 6.26 Å². The highest BCUT2D eigenvalue weighted by Gasteiger charge is 2.40. The molecule has 1 aromatic heterocycles. The number of hydrogen-bond donors (Lipinski definition) is 1. The Morgan fingerprint density at radius 1 is 1.67 bits per heavy atom. The normalized spacial score (nSPS) is 34.7. The van der Waals surface area contributed by atoms with Crippen LogP contribution in [-0.2, 0) is 6.42 Å². The van der Waals surface area contributed by atoms with Crippen LogP contribution < -0.4 is 0 Å². The molecule has 1 saturated carbocycles. The van der Waals surface area contributed by atoms with Crippen LogP contribution in [0, 0.1) is 5.92 Å². The molecule has 12 heavy (non-hydrogen) atoms. The van der Waals surface area contributed by atoms with Crippen LogP contribution >= 0.6 is 0 Å². The van der Waals surface area contributed by atoms with E-state index in [-0.39, 0.29) is 0 Å². The maximum atomic E-state index is 9.89. The summed E-state index contributed by atoms with van der Waals surface area (Å²) in [5.74, 6) is 1.56. The summed E-state index contributed by atoms with van der Waals surface area (Å²) in [4.78, 5) is 0. The van der Waals surface area contributed by atoms with E-state index in [1.165, 1.54) is 0 Å². The number of hydrogen-bond acceptors (Lipinski definition) is 2. The number of aliphatic hydroxyl groups is 1. The van der Waals surface area contributed by atoms with E-state index in [0.29, 0.717) is 12.3 Å². The van der Waals surface area contributed by atoms with Crippen LogP contribution in [-0.4, -0.2) is 10.7 Å². The van der Waals surface area contributed by atoms with Gasteiger partial charge in [0, 0.05) is 6.42 Å². The van der Waals surface area contributed by atoms with Crippen molar-refractivity contribution in [1.29, 1.82) is 0 Å². The fourth-order valence-electron chi connectivity index (χ4n) is 2.12. The quantitative estimate of drug-likeness (QED) is 0.728. The van der Waals surface area contributed by atoms with Crippen molar-refractivity contribution in [3.05, 3.63) is 24.2 Å². The highest BCUT2D eigenvalue weighted by Crippen LogP contribution is 2.39. The second kappa shape index (κ2) is 2.63. The fraction of sp³-hybridized carbons (Fsp3) is 0.600. The molecule has 0 bridgehead atoms. The molecule has 66 valence electrons. The molecule has 1 aliphatic rings. The van der Waals surface area contributed by atoms with Crippen molar-refractivity contribution in [3.8, 4) is 0 Å². The van der Waals surface area contributed by atoms with E-state index in [2.05, 4.69) is 6.92 Å². The molecule has 1 aliphatic carbocycles. The van der Waals surface area contributed by atoms with E-state index in [0.717, 1.165) is 18.6 Å². The van der Waals surface area contributed by atoms with Gasteiger partial charge in [-0.1, -0.05) is 6.92 Å². The Morgan fingerprint density at radius 3 is 2.92 bits per heavy atom. The van der Waals surface area contributed by atoms with Crippen LogP contribution in [0.1, 0.15) is 25.5 Å². The zero-order valence-corrected chi connectivity index (χ0v) is 7.29. The first-order valence-electron chi connectivity index (χ1n) is 4.43. The molecule has 0 radical (unpaired) electrons. The van der Waals surface area contributed by atoms with Gasteiger partial charge in [-0.25, -0.2) is 0 Å². The molecule has 2 nitrogen and oxygen atoms in total. The molecule has 0 amide bonds. The van der Waals surface area contributed by atoms with Crippen LogP contribution in [0.4, 0.5) is 0 Å². The van der Waals surface area contributed by atoms with Crippen LogP contribution in [0.25, 0.3) is 0 Å². The van der Waals surface area contributed by atoms with Crippen LogP contribution in [0.15, 0.2) is 22.8 Å². The summed E-state index contributed by atoms with van der Waals surface area (Å²) in [6, 6.07) is 3.78. The Kier molecular flexibility index (Phi) is 1.72. The zero-order valence-electron chi connectivity index (χ0n) is 7.29. The molecule has 0 aromatic carbocycles. The predicted octanol–water partition coefficient (Wildman–Crippen LogP) is 1.98. The summed E-state index contributed by atoms with van der Waals surface area (Å²) in [6.45, 7) is 2.16. The smallest absolute Gasteiger partial charge is 0.106 e. The average molecular weight is 166 g/mol. The number of rotatable bonds is 2. The van der Waals surface area contributed by atoms with Gasteiger partial charge in [-0.05, 0) is 30.9 Å². The largest absolute Gasteiger partial charge is 0.469 e. The van der Waals surface area contributed by atoms with Crippen molar-refractivity contribution in [2.75, 3.05) is 0 Å². The van der Waals surface area contributed by atoms with Gasteiger partial charge in [-0.2, -0.15) is 0 Å². The summed E-state index contributed by atoms with van der Waals surface area (Å²) in [5.41, 5.74) is -0.475. The molecule has 0 aliphatic heterocycles. The second-order valence-corrected chi connectivity index (χ2v) is 3.99. The van der Waals surface area contributed by atoms with E-state index >= 15 is 0 Å². The molecule has 1 heterocycles. The standard InChI is InChI=1S/C10H14O2/c1-8-5-10(11,6-8)7-9-3-2-4-12-9/h2-4,8,11H,5-7H2,1H3. The van der Waals surface area contributed by atoms with Gasteiger partial charge in [-0.15, -0.1) is 0 Å². The Bertz CT molecular complexity index is 245. The average Bonchev–Trinajstić information content (AvgIpc) is 2.36. The van der Waals surface area contributed by atoms with Crippen molar-refractivity contribution in [2.24, 2.45) is 5.92 Å². The molecule has 2 rings (SSSR count). The Morgan fingerprint density at radius 2 is 2.42 bits per heavy atom. The van der Waals surface area contributed by atoms with Gasteiger partial charge < -0.3 is 9.52 Å². The molecule has 1 fully saturated rings. The highest BCUT2D eigenvalue weighted by atomic mass is 16.3. The van der Waals surface area contributed by atoms with Crippen molar-refractivity contribution >= 4 is 0 Å². The summed E-state index contributed by atoms with van der Waals surface area (Å²) in [7, 11) is 0. The summed E-state index contributed by atoms with van der Waals surface area (Å²) in [6.07, 6.45) is 4.15. The Balaban J connectivity index is 1.96. The third-order valence-electron chi connectivity index (χ3n) is 2.54. The summed E-state index contributed by atoms with van der Waals surface area (Å²) < 4.78 is 5.18. The molecule has 1 aromatic rings. The third kappa shape index (κ3) is 1.39. The maximum Gasteiger partial charge on any atom is 0.106 e. The van der Waals surface area contributed by atoms with Crippen LogP contribution in [0.5, 0.6) is 0 Å². The predicted molar refractivity (Wildman–Crippen MR) is 45.8 cm³/mol. The van der Waals surface area contributed by atoms with Crippen LogP contribution in [0.3, 0.4) is 0 Å². The number of furan rings is 1. The Hall–Kier alpha value is -0.760. The lowest BCUT2D eigenvalue weighted by molar-refractivity contribution is -0.0696. The molecular weight excluding hydrogens is 152 g/mol. The van der Waals surface area contributed by atoms with Gasteiger partial charge >= 0.3 is 0 Å². The molecule has 0 spiro atoms. The van der Waals surface area contributed by atoms with Gasteiger partial charge in [-0.3, -0.25) is 0 Å². The van der Waals surface area contributed by atoms with Gasteiger partial charge in [0.1, 0.15) is 5.76 Å². The lowest BCUT2D eigenvalue weighted by atomic mass is 9.70. The van der Waals surface area contributed by atoms with Gasteiger partial charge in [0.05, 0.1) is 11.9 Å². The zero-order chi connectivity index (χ0) is 8.60. The second-order valence-electron chi connectivity index (χ2n) is 3.99. The molecule has 2 heteroatoms. The SMILES string of the molecule is CC1CC(O)(Cc2ccco2)C1. The minimum Gasteiger partial charge on any atom is -0.469 e. The molecule has 0 unspecified atom stereocenters. The highest BCUT2D eigenvalue weighted by molar-refractivity contribution is 5.06. The van der Waals surface area contributed by atoms with E-state index in [4.69, 9.17) is 4.42 Å². The Labute approximate surface area is 72.2 Å². The van der Waals surface area contributed by atoms with E-state index < -0.39 is 5.60 Å². The molecule has 1 N–H and O–H groups in total. The maximum absolute atomic E-state index is 9.89. The first kappa shape index (κ1) is 7.87. The van der Waals surface area contributed by atoms with Crippen LogP contribution in [0.2, 0.25) is 0 Å². The summed E-state index contributed by atoms with van der Waals surface area (Å²) in [5, 5.41) is 9.89. The third-order valence-corrected chi connectivity index (χ3v) is 2.54. The summed E-state index contributed by atoms with van der Waals surface area (Å²) >= 11 is 0. The van der Waals surface area contributed by atoms with Gasteiger partial charge in [0.2, 0.25) is 0 Å². The van der Waals surface area contributed by atoms with Crippen molar-refractivity contribution in [1.82, 2.24) is 0 Å². The van der Waals surface area contributed by atoms with Crippen molar-refractivity contribution in [2.45, 2.75) is 31.8 Å². The fourth-order valence-corrected chi connectivity index (χ4v) is 2.12. The van der Waals surface area contributed by atoms with Gasteiger partial charge in [0.15, 0.2) is 0 Å². The first-order valence-corrected chi connectivity index (χ1v) is 4.43. The molecule has 0 atom stereocenters. The lowest BCUT2D eigenvalue weighted by Gasteiger charge is -2.41. The van der Waals surface area contributed by atoms with Gasteiger partial charge in [0.25, 0.3) is 0 Å². The minimum absolute atomic E-state index is 0.475. The van der Waals surface area contributed by atoms with E-state index in [1.807, 2.05) is 12.1 Å². The molecular formula is C10H14O2. The van der Waals surface area contributed by atoms with E-state index in [9.17, 15) is 5.11 Å².